The smallest absolute Gasteiger partial charge is 0.251 e. The number of rotatable bonds is 7. The fourth-order valence-corrected chi connectivity index (χ4v) is 2.63. The molecule has 0 heterocycles. The Bertz CT molecular complexity index is 1100. The summed E-state index contributed by atoms with van der Waals surface area (Å²) in [6, 6.07) is 18.1. The van der Waals surface area contributed by atoms with Crippen molar-refractivity contribution in [1.82, 2.24) is 0 Å². The first kappa shape index (κ1) is 20.7. The van der Waals surface area contributed by atoms with Crippen molar-refractivity contribution < 1.29 is 23.1 Å². The zero-order valence-corrected chi connectivity index (χ0v) is 15.8. The molecule has 0 saturated heterocycles. The van der Waals surface area contributed by atoms with Crippen molar-refractivity contribution in [2.24, 2.45) is 5.73 Å². The highest BCUT2D eigenvalue weighted by molar-refractivity contribution is 6.03. The van der Waals surface area contributed by atoms with Crippen molar-refractivity contribution in [3.8, 4) is 5.75 Å². The van der Waals surface area contributed by atoms with Crippen LogP contribution in [0, 0.1) is 11.6 Å². The number of nitrogens with one attached hydrogen (secondary N) is 1. The molecule has 0 fully saturated rings. The Labute approximate surface area is 171 Å². The molecule has 3 aromatic carbocycles. The Kier molecular flexibility index (Phi) is 6.54. The van der Waals surface area contributed by atoms with E-state index < -0.39 is 29.0 Å². The first-order valence-corrected chi connectivity index (χ1v) is 8.97. The highest BCUT2D eigenvalue weighted by Crippen LogP contribution is 2.20. The van der Waals surface area contributed by atoms with Crippen LogP contribution in [0.2, 0.25) is 0 Å². The number of halogens is 2. The molecule has 0 aliphatic carbocycles. The van der Waals surface area contributed by atoms with Crippen LogP contribution in [-0.4, -0.2) is 11.8 Å². The predicted molar refractivity (Wildman–Crippen MR) is 110 cm³/mol. The Morgan fingerprint density at radius 1 is 0.967 bits per heavy atom. The van der Waals surface area contributed by atoms with Crippen LogP contribution < -0.4 is 15.8 Å². The van der Waals surface area contributed by atoms with Gasteiger partial charge in [-0.15, -0.1) is 0 Å². The van der Waals surface area contributed by atoms with Gasteiger partial charge >= 0.3 is 0 Å². The van der Waals surface area contributed by atoms with E-state index in [1.807, 2.05) is 30.3 Å². The standard InChI is InChI=1S/C23H18F2N2O3/c24-19-13-20(25)21(12-18(19)23(26)29)27-22(28)10-9-15-7-4-8-17(11-15)30-14-16-5-2-1-3-6-16/h1-13H,14H2,(H2,26,29)(H,27,28)/b10-9+. The molecule has 0 aromatic heterocycles. The van der Waals surface area contributed by atoms with Gasteiger partial charge in [-0.1, -0.05) is 42.5 Å². The molecule has 0 radical (unpaired) electrons. The second-order valence-electron chi connectivity index (χ2n) is 6.35. The van der Waals surface area contributed by atoms with Crippen molar-refractivity contribution in [3.63, 3.8) is 0 Å². The van der Waals surface area contributed by atoms with E-state index in [1.54, 1.807) is 24.3 Å². The van der Waals surface area contributed by atoms with Crippen LogP contribution in [0.4, 0.5) is 14.5 Å². The monoisotopic (exact) mass is 408 g/mol. The normalized spacial score (nSPS) is 10.7. The third-order valence-electron chi connectivity index (χ3n) is 4.11. The second-order valence-corrected chi connectivity index (χ2v) is 6.35. The number of ether oxygens (including phenoxy) is 1. The first-order valence-electron chi connectivity index (χ1n) is 8.97. The molecule has 0 spiro atoms. The molecule has 0 aliphatic heterocycles. The maximum absolute atomic E-state index is 13.8. The van der Waals surface area contributed by atoms with E-state index in [0.717, 1.165) is 11.6 Å². The van der Waals surface area contributed by atoms with Crippen molar-refractivity contribution >= 4 is 23.6 Å². The molecule has 3 rings (SSSR count). The number of anilines is 1. The summed E-state index contributed by atoms with van der Waals surface area (Å²) in [7, 11) is 0. The molecule has 3 aromatic rings. The Morgan fingerprint density at radius 2 is 1.73 bits per heavy atom. The third-order valence-corrected chi connectivity index (χ3v) is 4.11. The summed E-state index contributed by atoms with van der Waals surface area (Å²) in [6.07, 6.45) is 2.70. The van der Waals surface area contributed by atoms with Crippen LogP contribution in [0.1, 0.15) is 21.5 Å². The molecule has 5 nitrogen and oxygen atoms in total. The minimum Gasteiger partial charge on any atom is -0.489 e. The van der Waals surface area contributed by atoms with Crippen molar-refractivity contribution in [2.75, 3.05) is 5.32 Å². The lowest BCUT2D eigenvalue weighted by molar-refractivity contribution is -0.111. The number of hydrogen-bond acceptors (Lipinski definition) is 3. The van der Waals surface area contributed by atoms with Gasteiger partial charge in [-0.2, -0.15) is 0 Å². The van der Waals surface area contributed by atoms with Gasteiger partial charge in [0.25, 0.3) is 5.91 Å². The van der Waals surface area contributed by atoms with Crippen LogP contribution >= 0.6 is 0 Å². The Morgan fingerprint density at radius 3 is 2.47 bits per heavy atom. The van der Waals surface area contributed by atoms with Gasteiger partial charge < -0.3 is 15.8 Å². The minimum atomic E-state index is -1.10. The molecule has 0 aliphatic rings. The number of benzene rings is 3. The quantitative estimate of drug-likeness (QED) is 0.572. The first-order chi connectivity index (χ1) is 14.4. The van der Waals surface area contributed by atoms with Gasteiger partial charge in [0.2, 0.25) is 5.91 Å². The van der Waals surface area contributed by atoms with E-state index in [2.05, 4.69) is 5.32 Å². The molecule has 0 saturated carbocycles. The van der Waals surface area contributed by atoms with Crippen LogP contribution in [0.3, 0.4) is 0 Å². The molecule has 3 N–H and O–H groups in total. The molecular formula is C23H18F2N2O3. The van der Waals surface area contributed by atoms with E-state index in [-0.39, 0.29) is 5.69 Å². The molecule has 7 heteroatoms. The van der Waals surface area contributed by atoms with Crippen LogP contribution in [0.15, 0.2) is 72.8 Å². The molecule has 0 bridgehead atoms. The molecule has 152 valence electrons. The lowest BCUT2D eigenvalue weighted by Gasteiger charge is -2.07. The molecule has 30 heavy (non-hydrogen) atoms. The summed E-state index contributed by atoms with van der Waals surface area (Å²) < 4.78 is 33.1. The summed E-state index contributed by atoms with van der Waals surface area (Å²) >= 11 is 0. The number of carbonyl (C=O) groups is 2. The fraction of sp³-hybridized carbons (Fsp3) is 0.0435. The van der Waals surface area contributed by atoms with Gasteiger partial charge in [0.05, 0.1) is 11.3 Å². The van der Waals surface area contributed by atoms with E-state index >= 15 is 0 Å². The van der Waals surface area contributed by atoms with Crippen LogP contribution in [0.25, 0.3) is 6.08 Å². The van der Waals surface area contributed by atoms with Gasteiger partial charge in [0.15, 0.2) is 0 Å². The van der Waals surface area contributed by atoms with E-state index in [4.69, 9.17) is 10.5 Å². The summed E-state index contributed by atoms with van der Waals surface area (Å²) in [6.45, 7) is 0.403. The van der Waals surface area contributed by atoms with Crippen molar-refractivity contribution in [3.05, 3.63) is 101 Å². The Balaban J connectivity index is 1.65. The summed E-state index contributed by atoms with van der Waals surface area (Å²) in [4.78, 5) is 23.3. The van der Waals surface area contributed by atoms with E-state index in [0.29, 0.717) is 24.0 Å². The lowest BCUT2D eigenvalue weighted by atomic mass is 10.1. The van der Waals surface area contributed by atoms with E-state index in [9.17, 15) is 18.4 Å². The average molecular weight is 408 g/mol. The van der Waals surface area contributed by atoms with Gasteiger partial charge in [-0.05, 0) is 35.4 Å². The van der Waals surface area contributed by atoms with Crippen molar-refractivity contribution in [2.45, 2.75) is 6.61 Å². The summed E-state index contributed by atoms with van der Waals surface area (Å²) in [5, 5.41) is 2.26. The maximum Gasteiger partial charge on any atom is 0.251 e. The van der Waals surface area contributed by atoms with Crippen molar-refractivity contribution in [1.29, 1.82) is 0 Å². The largest absolute Gasteiger partial charge is 0.489 e. The summed E-state index contributed by atoms with van der Waals surface area (Å²) in [5.41, 5.74) is 5.88. The zero-order chi connectivity index (χ0) is 21.5. The number of hydrogen-bond donors (Lipinski definition) is 2. The SMILES string of the molecule is NC(=O)c1cc(NC(=O)/C=C/c2cccc(OCc3ccccc3)c2)c(F)cc1F. The number of carbonyl (C=O) groups excluding carboxylic acids is 2. The lowest BCUT2D eigenvalue weighted by Crippen LogP contribution is -2.16. The Hall–Kier alpha value is -4.00. The van der Waals surface area contributed by atoms with Gasteiger partial charge in [0.1, 0.15) is 24.0 Å². The maximum atomic E-state index is 13.8. The van der Waals surface area contributed by atoms with Gasteiger partial charge in [-0.3, -0.25) is 9.59 Å². The minimum absolute atomic E-state index is 0.347. The fourth-order valence-electron chi connectivity index (χ4n) is 2.63. The molecule has 0 unspecified atom stereocenters. The molecule has 0 atom stereocenters. The molecule has 2 amide bonds. The van der Waals surface area contributed by atoms with E-state index in [1.165, 1.54) is 12.2 Å². The molecular weight excluding hydrogens is 390 g/mol. The average Bonchev–Trinajstić information content (AvgIpc) is 2.73. The second kappa shape index (κ2) is 9.47. The topological polar surface area (TPSA) is 81.4 Å². The van der Waals surface area contributed by atoms with Gasteiger partial charge in [0, 0.05) is 12.1 Å². The number of amides is 2. The van der Waals surface area contributed by atoms with Crippen LogP contribution in [0.5, 0.6) is 5.75 Å². The highest BCUT2D eigenvalue weighted by atomic mass is 19.1. The van der Waals surface area contributed by atoms with Crippen LogP contribution in [-0.2, 0) is 11.4 Å². The third kappa shape index (κ3) is 5.51. The highest BCUT2D eigenvalue weighted by Gasteiger charge is 2.14. The predicted octanol–water partition coefficient (Wildman–Crippen LogP) is 4.29. The summed E-state index contributed by atoms with van der Waals surface area (Å²) in [5.74, 6) is -3.22. The zero-order valence-electron chi connectivity index (χ0n) is 15.8. The number of nitrogens with two attached hydrogens (primary N) is 1. The van der Waals surface area contributed by atoms with Gasteiger partial charge in [-0.25, -0.2) is 8.78 Å². The number of primary amides is 1.